The summed E-state index contributed by atoms with van der Waals surface area (Å²) in [5.41, 5.74) is 16.3. The van der Waals surface area contributed by atoms with Gasteiger partial charge < -0.3 is 32.1 Å². The lowest BCUT2D eigenvalue weighted by atomic mass is 10.1. The second-order valence-electron chi connectivity index (χ2n) is 13.6. The lowest BCUT2D eigenvalue weighted by Gasteiger charge is -2.02. The smallest absolute Gasteiger partial charge is 0.339 e. The highest BCUT2D eigenvalue weighted by Crippen LogP contribution is 2.31. The summed E-state index contributed by atoms with van der Waals surface area (Å²) in [6.45, 7) is 8.99. The fourth-order valence-electron chi connectivity index (χ4n) is 5.20. The SMILES string of the molecule is CCCCCCCCCCCCN.CCCCCCCCCCCCN.CCCCCCCCCCCCN.O=C(O)CNCP(=O)(O)O. The number of aliphatic carboxylic acids is 1. The minimum Gasteiger partial charge on any atom is -0.480 e. The maximum Gasteiger partial charge on any atom is 0.339 e. The first-order chi connectivity index (χ1) is 23.7. The molecular formula is C39H89N4O5P. The Morgan fingerprint density at radius 2 is 0.653 bits per heavy atom. The van der Waals surface area contributed by atoms with Crippen molar-refractivity contribution in [2.75, 3.05) is 32.5 Å². The molecule has 0 aliphatic heterocycles. The zero-order valence-corrected chi connectivity index (χ0v) is 34.0. The maximum atomic E-state index is 10.1. The van der Waals surface area contributed by atoms with Gasteiger partial charge in [0.2, 0.25) is 0 Å². The third kappa shape index (κ3) is 73.8. The van der Waals surface area contributed by atoms with E-state index in [1.54, 1.807) is 0 Å². The van der Waals surface area contributed by atoms with E-state index < -0.39 is 26.4 Å². The molecule has 0 saturated heterocycles. The Balaban J connectivity index is -0.000000277. The molecule has 300 valence electrons. The number of rotatable bonds is 34. The van der Waals surface area contributed by atoms with Gasteiger partial charge in [0.15, 0.2) is 0 Å². The van der Waals surface area contributed by atoms with Gasteiger partial charge in [-0.15, -0.1) is 0 Å². The molecule has 0 radical (unpaired) electrons. The van der Waals surface area contributed by atoms with E-state index in [9.17, 15) is 9.36 Å². The van der Waals surface area contributed by atoms with Crippen LogP contribution in [0.15, 0.2) is 0 Å². The van der Waals surface area contributed by atoms with Crippen LogP contribution in [0.25, 0.3) is 0 Å². The molecule has 0 bridgehead atoms. The van der Waals surface area contributed by atoms with Crippen molar-refractivity contribution in [3.8, 4) is 0 Å². The molecule has 0 aromatic rings. The molecule has 0 heterocycles. The van der Waals surface area contributed by atoms with Gasteiger partial charge in [-0.05, 0) is 38.9 Å². The Bertz CT molecular complexity index is 544. The normalized spacial score (nSPS) is 10.8. The second kappa shape index (κ2) is 51.8. The number of nitrogens with two attached hydrogens (primary N) is 3. The van der Waals surface area contributed by atoms with Crippen molar-refractivity contribution in [3.63, 3.8) is 0 Å². The topological polar surface area (TPSA) is 185 Å². The fourth-order valence-corrected chi connectivity index (χ4v) is 5.61. The van der Waals surface area contributed by atoms with Gasteiger partial charge in [0.25, 0.3) is 0 Å². The average molecular weight is 725 g/mol. The maximum absolute atomic E-state index is 10.1. The summed E-state index contributed by atoms with van der Waals surface area (Å²) >= 11 is 0. The van der Waals surface area contributed by atoms with Crippen molar-refractivity contribution in [1.82, 2.24) is 5.32 Å². The van der Waals surface area contributed by atoms with Crippen molar-refractivity contribution in [3.05, 3.63) is 0 Å². The van der Waals surface area contributed by atoms with Gasteiger partial charge in [0.1, 0.15) is 0 Å². The molecule has 0 aromatic carbocycles. The van der Waals surface area contributed by atoms with Crippen LogP contribution in [0.3, 0.4) is 0 Å². The minimum absolute atomic E-state index is 0.439. The van der Waals surface area contributed by atoms with Crippen molar-refractivity contribution in [2.24, 2.45) is 17.2 Å². The molecule has 0 saturated carbocycles. The van der Waals surface area contributed by atoms with Gasteiger partial charge in [-0.25, -0.2) is 0 Å². The molecule has 10 heteroatoms. The van der Waals surface area contributed by atoms with Crippen molar-refractivity contribution < 1.29 is 24.3 Å². The molecule has 0 aromatic heterocycles. The Hall–Kier alpha value is -0.540. The van der Waals surface area contributed by atoms with Crippen LogP contribution in [0.2, 0.25) is 0 Å². The summed E-state index contributed by atoms with van der Waals surface area (Å²) in [5, 5.41) is 10.1. The van der Waals surface area contributed by atoms with Gasteiger partial charge in [-0.2, -0.15) is 0 Å². The molecule has 0 atom stereocenters. The average Bonchev–Trinajstić information content (AvgIpc) is 3.06. The van der Waals surface area contributed by atoms with E-state index in [1.807, 2.05) is 0 Å². The molecule has 0 unspecified atom stereocenters. The van der Waals surface area contributed by atoms with Crippen LogP contribution in [-0.2, 0) is 9.36 Å². The largest absolute Gasteiger partial charge is 0.480 e. The highest BCUT2D eigenvalue weighted by atomic mass is 31.2. The monoisotopic (exact) mass is 725 g/mol. The van der Waals surface area contributed by atoms with Gasteiger partial charge in [0, 0.05) is 0 Å². The minimum atomic E-state index is -4.10. The Morgan fingerprint density at radius 1 is 0.449 bits per heavy atom. The van der Waals surface area contributed by atoms with Crippen LogP contribution in [0.5, 0.6) is 0 Å². The van der Waals surface area contributed by atoms with Crippen LogP contribution in [0.1, 0.15) is 213 Å². The molecule has 10 N–H and O–H groups in total. The lowest BCUT2D eigenvalue weighted by molar-refractivity contribution is -0.135. The van der Waals surface area contributed by atoms with E-state index in [2.05, 4.69) is 26.1 Å². The molecule has 9 nitrogen and oxygen atoms in total. The zero-order valence-electron chi connectivity index (χ0n) is 33.1. The van der Waals surface area contributed by atoms with E-state index in [0.29, 0.717) is 0 Å². The Kier molecular flexibility index (Phi) is 58.4. The predicted molar refractivity (Wildman–Crippen MR) is 215 cm³/mol. The summed E-state index contributed by atoms with van der Waals surface area (Å²) in [6, 6.07) is 0. The van der Waals surface area contributed by atoms with Crippen LogP contribution in [0, 0.1) is 0 Å². The Labute approximate surface area is 305 Å². The fraction of sp³-hybridized carbons (Fsp3) is 0.974. The number of nitrogens with one attached hydrogen (secondary N) is 1. The number of carboxylic acids is 1. The van der Waals surface area contributed by atoms with Crippen LogP contribution in [0.4, 0.5) is 0 Å². The van der Waals surface area contributed by atoms with E-state index in [0.717, 1.165) is 19.6 Å². The molecule has 0 aliphatic rings. The number of carbonyl (C=O) groups is 1. The van der Waals surface area contributed by atoms with Crippen molar-refractivity contribution in [1.29, 1.82) is 0 Å². The third-order valence-electron chi connectivity index (χ3n) is 8.27. The number of unbranched alkanes of at least 4 members (excludes halogenated alkanes) is 27. The van der Waals surface area contributed by atoms with E-state index in [1.165, 1.54) is 193 Å². The van der Waals surface area contributed by atoms with Crippen LogP contribution < -0.4 is 22.5 Å². The van der Waals surface area contributed by atoms with Crippen molar-refractivity contribution >= 4 is 13.6 Å². The van der Waals surface area contributed by atoms with Gasteiger partial charge in [-0.3, -0.25) is 14.7 Å². The van der Waals surface area contributed by atoms with Crippen LogP contribution in [-0.4, -0.2) is 53.3 Å². The van der Waals surface area contributed by atoms with E-state index in [4.69, 9.17) is 32.1 Å². The van der Waals surface area contributed by atoms with Gasteiger partial charge in [-0.1, -0.05) is 194 Å². The van der Waals surface area contributed by atoms with Crippen LogP contribution >= 0.6 is 7.60 Å². The summed E-state index contributed by atoms with van der Waals surface area (Å²) in [6.07, 6.45) is 41.2. The zero-order chi connectivity index (χ0) is 37.5. The second-order valence-corrected chi connectivity index (χ2v) is 15.2. The summed E-state index contributed by atoms with van der Waals surface area (Å²) < 4.78 is 10.1. The first kappa shape index (κ1) is 55.2. The quantitative estimate of drug-likeness (QED) is 0.0250. The molecule has 0 fully saturated rings. The summed E-state index contributed by atoms with van der Waals surface area (Å²) in [4.78, 5) is 26.1. The lowest BCUT2D eigenvalue weighted by Crippen LogP contribution is -2.23. The standard InChI is InChI=1S/3C12H27N.C3H8NO5P/c3*1-2-3-4-5-6-7-8-9-10-11-12-13;5-3(6)1-4-2-10(7,8)9/h3*2-13H2,1H3;4H,1-2H2,(H,5,6)(H2,7,8,9). The molecule has 49 heavy (non-hydrogen) atoms. The molecule has 0 spiro atoms. The summed E-state index contributed by atoms with van der Waals surface area (Å²) in [7, 11) is -4.10. The first-order valence-corrected chi connectivity index (χ1v) is 22.5. The van der Waals surface area contributed by atoms with E-state index in [-0.39, 0.29) is 0 Å². The van der Waals surface area contributed by atoms with Crippen molar-refractivity contribution in [2.45, 2.75) is 213 Å². The highest BCUT2D eigenvalue weighted by molar-refractivity contribution is 7.51. The van der Waals surface area contributed by atoms with E-state index >= 15 is 0 Å². The Morgan fingerprint density at radius 3 is 0.816 bits per heavy atom. The number of carboxylic acid groups (broad SMARTS) is 1. The molecule has 0 amide bonds. The van der Waals surface area contributed by atoms with Gasteiger partial charge in [0.05, 0.1) is 12.8 Å². The summed E-state index contributed by atoms with van der Waals surface area (Å²) in [5.74, 6) is -1.14. The predicted octanol–water partition coefficient (Wildman–Crippen LogP) is 10.4. The number of hydrogen-bond donors (Lipinski definition) is 7. The molecule has 0 aliphatic carbocycles. The third-order valence-corrected chi connectivity index (χ3v) is 8.90. The number of hydrogen-bond acceptors (Lipinski definition) is 6. The molecular weight excluding hydrogens is 635 g/mol. The van der Waals surface area contributed by atoms with Gasteiger partial charge >= 0.3 is 13.6 Å². The highest BCUT2D eigenvalue weighted by Gasteiger charge is 2.11. The first-order valence-electron chi connectivity index (χ1n) is 20.7. The molecule has 0 rings (SSSR count).